The van der Waals surface area contributed by atoms with Crippen LogP contribution in [0.25, 0.3) is 0 Å². The van der Waals surface area contributed by atoms with Crippen LogP contribution in [0.1, 0.15) is 73.6 Å². The summed E-state index contributed by atoms with van der Waals surface area (Å²) < 4.78 is 5.91. The first kappa shape index (κ1) is 22.0. The Kier molecular flexibility index (Phi) is 6.55. The number of amides is 4. The summed E-state index contributed by atoms with van der Waals surface area (Å²) in [5.41, 5.74) is 0.800. The number of hydrogen-bond acceptors (Lipinski definition) is 6. The number of fused-ring (bicyclic) bond motifs is 1. The predicted octanol–water partition coefficient (Wildman–Crippen LogP) is 2.49. The van der Waals surface area contributed by atoms with Crippen LogP contribution in [0.5, 0.6) is 0 Å². The third-order valence-corrected chi connectivity index (χ3v) is 5.50. The molecular formula is C22H29N3O5. The summed E-state index contributed by atoms with van der Waals surface area (Å²) in [5, 5.41) is 5.46. The molecule has 1 fully saturated rings. The van der Waals surface area contributed by atoms with Crippen molar-refractivity contribution in [3.8, 4) is 0 Å². The zero-order valence-electron chi connectivity index (χ0n) is 17.7. The zero-order chi connectivity index (χ0) is 21.9. The maximum Gasteiger partial charge on any atom is 0.264 e. The van der Waals surface area contributed by atoms with E-state index in [2.05, 4.69) is 17.6 Å². The number of piperidine rings is 1. The van der Waals surface area contributed by atoms with E-state index in [4.69, 9.17) is 4.74 Å². The molecule has 0 spiro atoms. The Bertz CT molecular complexity index is 864. The summed E-state index contributed by atoms with van der Waals surface area (Å²) >= 11 is 0. The molecule has 4 amide bonds. The lowest BCUT2D eigenvalue weighted by Crippen LogP contribution is -2.54. The Labute approximate surface area is 176 Å². The molecule has 1 aromatic carbocycles. The van der Waals surface area contributed by atoms with E-state index in [0.29, 0.717) is 18.8 Å². The molecule has 2 heterocycles. The number of nitrogens with zero attached hydrogens (tertiary/aromatic N) is 1. The molecule has 2 N–H and O–H groups in total. The Hall–Kier alpha value is -2.74. The van der Waals surface area contributed by atoms with Gasteiger partial charge in [0.15, 0.2) is 0 Å². The van der Waals surface area contributed by atoms with Crippen molar-refractivity contribution in [3.63, 3.8) is 0 Å². The summed E-state index contributed by atoms with van der Waals surface area (Å²) in [6.07, 6.45) is 3.05. The fraction of sp³-hybridized carbons (Fsp3) is 0.545. The van der Waals surface area contributed by atoms with E-state index < -0.39 is 23.8 Å². The van der Waals surface area contributed by atoms with Crippen LogP contribution in [0.4, 0.5) is 5.69 Å². The van der Waals surface area contributed by atoms with E-state index in [-0.39, 0.29) is 35.5 Å². The fourth-order valence-electron chi connectivity index (χ4n) is 3.73. The summed E-state index contributed by atoms with van der Waals surface area (Å²) in [5.74, 6) is -2.01. The van der Waals surface area contributed by atoms with Crippen molar-refractivity contribution >= 4 is 29.3 Å². The third-order valence-electron chi connectivity index (χ3n) is 5.50. The van der Waals surface area contributed by atoms with E-state index in [9.17, 15) is 19.2 Å². The van der Waals surface area contributed by atoms with Gasteiger partial charge in [0, 0.05) is 25.3 Å². The Morgan fingerprint density at radius 3 is 2.67 bits per heavy atom. The van der Waals surface area contributed by atoms with Crippen molar-refractivity contribution < 1.29 is 23.9 Å². The minimum absolute atomic E-state index is 0.0992. The summed E-state index contributed by atoms with van der Waals surface area (Å²) in [7, 11) is 0. The number of hydrogen-bond donors (Lipinski definition) is 2. The Balaban J connectivity index is 1.71. The molecular weight excluding hydrogens is 386 g/mol. The van der Waals surface area contributed by atoms with Crippen molar-refractivity contribution in [2.24, 2.45) is 0 Å². The molecule has 1 unspecified atom stereocenters. The summed E-state index contributed by atoms with van der Waals surface area (Å²) in [6, 6.07) is 4.09. The van der Waals surface area contributed by atoms with Crippen LogP contribution in [0.3, 0.4) is 0 Å². The maximum absolute atomic E-state index is 13.1. The van der Waals surface area contributed by atoms with E-state index >= 15 is 0 Å². The SMILES string of the molecule is CCCCOC(C)(C)CCNc1cccc2c1C(=O)N(C1CCC(=O)NC1=O)C2=O. The van der Waals surface area contributed by atoms with Gasteiger partial charge in [-0.25, -0.2) is 0 Å². The summed E-state index contributed by atoms with van der Waals surface area (Å²) in [6.45, 7) is 7.44. The molecule has 0 saturated carbocycles. The number of carbonyl (C=O) groups excluding carboxylic acids is 4. The molecule has 0 aliphatic carbocycles. The largest absolute Gasteiger partial charge is 0.384 e. The van der Waals surface area contributed by atoms with Gasteiger partial charge in [-0.3, -0.25) is 29.4 Å². The molecule has 1 atom stereocenters. The molecule has 3 rings (SSSR count). The lowest BCUT2D eigenvalue weighted by molar-refractivity contribution is -0.136. The first-order valence-corrected chi connectivity index (χ1v) is 10.5. The number of imide groups is 2. The van der Waals surface area contributed by atoms with E-state index in [1.807, 2.05) is 13.8 Å². The highest BCUT2D eigenvalue weighted by Crippen LogP contribution is 2.32. The van der Waals surface area contributed by atoms with E-state index in [1.54, 1.807) is 18.2 Å². The highest BCUT2D eigenvalue weighted by Gasteiger charge is 2.45. The Morgan fingerprint density at radius 2 is 1.97 bits per heavy atom. The van der Waals surface area contributed by atoms with Crippen LogP contribution in [0.15, 0.2) is 18.2 Å². The van der Waals surface area contributed by atoms with Crippen LogP contribution in [-0.4, -0.2) is 53.3 Å². The Morgan fingerprint density at radius 1 is 1.20 bits per heavy atom. The highest BCUT2D eigenvalue weighted by molar-refractivity contribution is 6.25. The number of ether oxygens (including phenoxy) is 1. The molecule has 1 saturated heterocycles. The molecule has 162 valence electrons. The van der Waals surface area contributed by atoms with Crippen molar-refractivity contribution in [3.05, 3.63) is 29.3 Å². The first-order valence-electron chi connectivity index (χ1n) is 10.5. The number of unbranched alkanes of at least 4 members (excludes halogenated alkanes) is 1. The standard InChI is InChI=1S/C22H29N3O5/c1-4-5-13-30-22(2,3)11-12-23-15-8-6-7-14-18(15)21(29)25(20(14)28)16-9-10-17(26)24-19(16)27/h6-8,16,23H,4-5,9-13H2,1-3H3,(H,24,26,27). The minimum Gasteiger partial charge on any atom is -0.384 e. The first-order chi connectivity index (χ1) is 14.2. The van der Waals surface area contributed by atoms with Gasteiger partial charge in [0.25, 0.3) is 11.8 Å². The maximum atomic E-state index is 13.1. The van der Waals surface area contributed by atoms with Gasteiger partial charge in [0.1, 0.15) is 6.04 Å². The lowest BCUT2D eigenvalue weighted by Gasteiger charge is -2.28. The molecule has 2 aliphatic heterocycles. The minimum atomic E-state index is -0.964. The fourth-order valence-corrected chi connectivity index (χ4v) is 3.73. The van der Waals surface area contributed by atoms with Crippen LogP contribution >= 0.6 is 0 Å². The van der Waals surface area contributed by atoms with Crippen LogP contribution in [-0.2, 0) is 14.3 Å². The number of anilines is 1. The molecule has 8 nitrogen and oxygen atoms in total. The normalized spacial score (nSPS) is 19.2. The topological polar surface area (TPSA) is 105 Å². The molecule has 2 aliphatic rings. The number of benzene rings is 1. The molecule has 0 radical (unpaired) electrons. The number of rotatable bonds is 9. The van der Waals surface area contributed by atoms with Gasteiger partial charge in [0.2, 0.25) is 11.8 Å². The highest BCUT2D eigenvalue weighted by atomic mass is 16.5. The second-order valence-electron chi connectivity index (χ2n) is 8.31. The second kappa shape index (κ2) is 8.95. The van der Waals surface area contributed by atoms with Crippen molar-refractivity contribution in [2.75, 3.05) is 18.5 Å². The molecule has 8 heteroatoms. The van der Waals surface area contributed by atoms with Gasteiger partial charge in [0.05, 0.1) is 16.7 Å². The lowest BCUT2D eigenvalue weighted by atomic mass is 10.0. The molecule has 30 heavy (non-hydrogen) atoms. The zero-order valence-corrected chi connectivity index (χ0v) is 17.7. The smallest absolute Gasteiger partial charge is 0.264 e. The van der Waals surface area contributed by atoms with Crippen molar-refractivity contribution in [1.29, 1.82) is 0 Å². The van der Waals surface area contributed by atoms with Crippen LogP contribution in [0.2, 0.25) is 0 Å². The number of carbonyl (C=O) groups is 4. The molecule has 1 aromatic rings. The van der Waals surface area contributed by atoms with Crippen LogP contribution in [0, 0.1) is 0 Å². The van der Waals surface area contributed by atoms with Gasteiger partial charge in [-0.05, 0) is 45.2 Å². The second-order valence-corrected chi connectivity index (χ2v) is 8.31. The average molecular weight is 415 g/mol. The van der Waals surface area contributed by atoms with Crippen molar-refractivity contribution in [1.82, 2.24) is 10.2 Å². The van der Waals surface area contributed by atoms with Gasteiger partial charge in [-0.1, -0.05) is 19.4 Å². The molecule has 0 bridgehead atoms. The molecule has 0 aromatic heterocycles. The van der Waals surface area contributed by atoms with Crippen LogP contribution < -0.4 is 10.6 Å². The number of nitrogens with one attached hydrogen (secondary N) is 2. The van der Waals surface area contributed by atoms with Crippen molar-refractivity contribution in [2.45, 2.75) is 64.5 Å². The quantitative estimate of drug-likeness (QED) is 0.474. The third kappa shape index (κ3) is 4.53. The van der Waals surface area contributed by atoms with E-state index in [0.717, 1.165) is 24.2 Å². The van der Waals surface area contributed by atoms with Gasteiger partial charge in [-0.15, -0.1) is 0 Å². The average Bonchev–Trinajstić information content (AvgIpc) is 2.94. The van der Waals surface area contributed by atoms with Gasteiger partial charge in [-0.2, -0.15) is 0 Å². The van der Waals surface area contributed by atoms with E-state index in [1.165, 1.54) is 0 Å². The predicted molar refractivity (Wildman–Crippen MR) is 111 cm³/mol. The monoisotopic (exact) mass is 415 g/mol. The van der Waals surface area contributed by atoms with Gasteiger partial charge < -0.3 is 10.1 Å². The van der Waals surface area contributed by atoms with Gasteiger partial charge >= 0.3 is 0 Å². The summed E-state index contributed by atoms with van der Waals surface area (Å²) in [4.78, 5) is 50.5.